The van der Waals surface area contributed by atoms with Crippen molar-refractivity contribution in [1.82, 2.24) is 30.0 Å². The van der Waals surface area contributed by atoms with E-state index < -0.39 is 82.2 Å². The fraction of sp³-hybridized carbons (Fsp3) is 0.515. The quantitative estimate of drug-likeness (QED) is 0.0212. The van der Waals surface area contributed by atoms with Crippen molar-refractivity contribution in [2.75, 3.05) is 82.3 Å². The Labute approximate surface area is 562 Å². The lowest BCUT2D eigenvalue weighted by Crippen LogP contribution is -2.64. The van der Waals surface area contributed by atoms with Crippen LogP contribution in [0.2, 0.25) is 0 Å². The van der Waals surface area contributed by atoms with E-state index in [2.05, 4.69) is 29.5 Å². The number of para-hydroxylation sites is 1. The van der Waals surface area contributed by atoms with Crippen molar-refractivity contribution < 1.29 is 95.6 Å². The number of carboxylic acid groups (broad SMARTS) is 2. The Bertz CT molecular complexity index is 3990. The minimum atomic E-state index is -4.49. The second-order valence-electron chi connectivity index (χ2n) is 26.7. The molecular formula is C66H81N9O20S2. The van der Waals surface area contributed by atoms with Crippen LogP contribution in [0.5, 0.6) is 11.5 Å². The fourth-order valence-corrected chi connectivity index (χ4v) is 17.1. The average Bonchev–Trinajstić information content (AvgIpc) is 1.43. The summed E-state index contributed by atoms with van der Waals surface area (Å²) < 4.78 is 75.3. The first-order chi connectivity index (χ1) is 46.1. The lowest BCUT2D eigenvalue weighted by Gasteiger charge is -2.69. The van der Waals surface area contributed by atoms with Crippen molar-refractivity contribution in [3.05, 3.63) is 102 Å². The molecule has 522 valence electrons. The van der Waals surface area contributed by atoms with Crippen LogP contribution < -0.4 is 30.7 Å². The SMILES string of the molecule is COCCN(CCOC12CC3(C)CC(C)(CC(Cn4ncc(-c5ccc(-c6ccc7c(c6)N(C(=O)Nc6nc8ccccc8s6)CCC7)nc5C(=O)O)c4C)(C3)C1)C2)C(=O)OCc1ccc(O[C@H]2O[C@@H](C(=O)O)[C@H](O)[C@@H](O)[C@@H]2O)cc1OCCOCCNC(=O)C(N)CS(=O)(=O)O. The van der Waals surface area contributed by atoms with Crippen molar-refractivity contribution in [2.45, 2.75) is 128 Å². The van der Waals surface area contributed by atoms with Gasteiger partial charge in [-0.25, -0.2) is 29.1 Å². The first kappa shape index (κ1) is 70.4. The van der Waals surface area contributed by atoms with Crippen LogP contribution in [0, 0.1) is 23.2 Å². The lowest BCUT2D eigenvalue weighted by molar-refractivity contribution is -0.271. The number of aliphatic hydroxyl groups is 3. The molecular weight excluding hydrogens is 1300 g/mol. The molecule has 4 aliphatic carbocycles. The van der Waals surface area contributed by atoms with Crippen molar-refractivity contribution >= 4 is 72.5 Å². The molecule has 2 aliphatic heterocycles. The number of fused-ring (bicyclic) bond motifs is 2. The maximum atomic E-state index is 14.1. The molecule has 4 bridgehead atoms. The molecule has 4 amide bonds. The number of pyridine rings is 1. The van der Waals surface area contributed by atoms with E-state index >= 15 is 0 Å². The number of aromatic nitrogens is 4. The number of hydrogen-bond acceptors (Lipinski definition) is 22. The topological polar surface area (TPSA) is 406 Å². The molecule has 97 heavy (non-hydrogen) atoms. The Balaban J connectivity index is 0.744. The number of aryl methyl sites for hydroxylation is 1. The normalized spacial score (nSPS) is 25.3. The molecule has 0 radical (unpaired) electrons. The number of nitrogens with zero attached hydrogens (tertiary/aromatic N) is 6. The number of methoxy groups -OCH3 is 1. The van der Waals surface area contributed by atoms with Gasteiger partial charge in [0.2, 0.25) is 12.2 Å². The molecule has 29 nitrogen and oxygen atoms in total. The Morgan fingerprint density at radius 3 is 2.36 bits per heavy atom. The number of benzene rings is 3. The van der Waals surface area contributed by atoms with Crippen LogP contribution in [0.15, 0.2) is 79.0 Å². The maximum absolute atomic E-state index is 14.1. The van der Waals surface area contributed by atoms with Crippen LogP contribution in [-0.2, 0) is 63.0 Å². The average molecular weight is 1380 g/mol. The number of anilines is 2. The van der Waals surface area contributed by atoms with Crippen molar-refractivity contribution in [2.24, 2.45) is 22.0 Å². The number of ether oxygens (including phenoxy) is 7. The number of carboxylic acids is 2. The largest absolute Gasteiger partial charge is 0.491 e. The van der Waals surface area contributed by atoms with E-state index in [1.807, 2.05) is 54.1 Å². The van der Waals surface area contributed by atoms with E-state index in [4.69, 9.17) is 53.5 Å². The number of carbonyl (C=O) groups is 5. The molecule has 6 aliphatic rings. The van der Waals surface area contributed by atoms with E-state index in [0.29, 0.717) is 46.2 Å². The van der Waals surface area contributed by atoms with Crippen molar-refractivity contribution in [3.63, 3.8) is 0 Å². The number of thiazole rings is 1. The summed E-state index contributed by atoms with van der Waals surface area (Å²) in [5.41, 5.74) is 10.3. The van der Waals surface area contributed by atoms with Crippen LogP contribution in [0.25, 0.3) is 32.6 Å². The fourth-order valence-electron chi connectivity index (χ4n) is 15.6. The van der Waals surface area contributed by atoms with Crippen LogP contribution in [-0.4, -0.2) is 208 Å². The Hall–Kier alpha value is -7.95. The number of urea groups is 1. The summed E-state index contributed by atoms with van der Waals surface area (Å²) in [5, 5.41) is 62.5. The third-order valence-electron chi connectivity index (χ3n) is 18.7. The summed E-state index contributed by atoms with van der Waals surface area (Å²) >= 11 is 1.40. The predicted molar refractivity (Wildman–Crippen MR) is 351 cm³/mol. The second kappa shape index (κ2) is 28.9. The molecule has 6 aromatic rings. The summed E-state index contributed by atoms with van der Waals surface area (Å²) in [6, 6.07) is 19.5. The second-order valence-corrected chi connectivity index (χ2v) is 29.2. The molecule has 8 atom stereocenters. The highest BCUT2D eigenvalue weighted by Gasteiger charge is 2.66. The van der Waals surface area contributed by atoms with E-state index in [1.54, 1.807) is 23.2 Å². The molecule has 4 saturated carbocycles. The minimum absolute atomic E-state index is 0.0409. The standard InChI is InChI=1S/C66H81N9O20S2/c1-38-44(43-15-16-46(70-51(43)57(80)81)40-12-11-39-8-7-18-74(48(39)26-40)61(84)72-60-71-47-9-5-6-10-50(47)96-60)28-69-75(38)37-65-32-63(2)31-64(3,33-65)35-66(34-63,36-65)93-23-20-73(19-22-89-4)62(85)92-29-41-13-14-42(94-59-54(78)52(76)53(77)55(95-59)58(82)83)27-49(41)91-25-24-90-21-17-68-56(79)45(67)30-97(86,87)88/h5-6,9-16,26-28,45,52-55,59,76-78H,7-8,17-25,29-37,67H2,1-4H3,(H,68,79)(H,80,81)(H,82,83)(H,71,72,84)(H,86,87,88)/t45?,52-,53-,54+,55-,59+,63?,64?,65?,66?/m1/s1. The molecule has 1 saturated heterocycles. The zero-order valence-electron chi connectivity index (χ0n) is 54.1. The molecule has 3 unspecified atom stereocenters. The van der Waals surface area contributed by atoms with E-state index in [0.717, 1.165) is 78.5 Å². The summed E-state index contributed by atoms with van der Waals surface area (Å²) in [7, 11) is -2.98. The predicted octanol–water partition coefficient (Wildman–Crippen LogP) is 5.63. The smallest absolute Gasteiger partial charge is 0.410 e. The zero-order valence-corrected chi connectivity index (χ0v) is 55.7. The van der Waals surface area contributed by atoms with E-state index in [-0.39, 0.29) is 98.7 Å². The van der Waals surface area contributed by atoms with Gasteiger partial charge < -0.3 is 74.6 Å². The molecule has 0 spiro atoms. The van der Waals surface area contributed by atoms with Gasteiger partial charge in [0.05, 0.1) is 59.9 Å². The first-order valence-corrected chi connectivity index (χ1v) is 34.4. The van der Waals surface area contributed by atoms with Gasteiger partial charge in [-0.05, 0) is 123 Å². The van der Waals surface area contributed by atoms with Crippen LogP contribution in [0.4, 0.5) is 20.4 Å². The lowest BCUT2D eigenvalue weighted by atomic mass is 9.39. The zero-order chi connectivity index (χ0) is 69.2. The summed E-state index contributed by atoms with van der Waals surface area (Å²) in [4.78, 5) is 77.6. The summed E-state index contributed by atoms with van der Waals surface area (Å²) in [6.45, 7) is 7.61. The molecule has 12 rings (SSSR count). The summed E-state index contributed by atoms with van der Waals surface area (Å²) in [5.74, 6) is -4.57. The molecule has 10 N–H and O–H groups in total. The Morgan fingerprint density at radius 1 is 0.866 bits per heavy atom. The highest BCUT2D eigenvalue weighted by atomic mass is 32.2. The molecule has 3 aromatic carbocycles. The number of amides is 4. The third kappa shape index (κ3) is 16.1. The van der Waals surface area contributed by atoms with Gasteiger partial charge in [0.15, 0.2) is 16.9 Å². The van der Waals surface area contributed by atoms with Crippen LogP contribution in [0.3, 0.4) is 0 Å². The van der Waals surface area contributed by atoms with Gasteiger partial charge in [-0.1, -0.05) is 49.4 Å². The highest BCUT2D eigenvalue weighted by molar-refractivity contribution is 7.85. The van der Waals surface area contributed by atoms with Crippen LogP contribution >= 0.6 is 11.3 Å². The van der Waals surface area contributed by atoms with Crippen molar-refractivity contribution in [1.29, 1.82) is 0 Å². The van der Waals surface area contributed by atoms with Gasteiger partial charge in [0, 0.05) is 79.5 Å². The van der Waals surface area contributed by atoms with Gasteiger partial charge in [-0.2, -0.15) is 13.5 Å². The number of nitrogens with one attached hydrogen (secondary N) is 2. The first-order valence-electron chi connectivity index (χ1n) is 31.9. The number of carbonyl (C=O) groups excluding carboxylic acids is 3. The Morgan fingerprint density at radius 2 is 1.63 bits per heavy atom. The monoisotopic (exact) mass is 1380 g/mol. The Kier molecular flexibility index (Phi) is 20.9. The van der Waals surface area contributed by atoms with E-state index in [9.17, 15) is 57.9 Å². The van der Waals surface area contributed by atoms with Gasteiger partial charge >= 0.3 is 24.1 Å². The highest BCUT2D eigenvalue weighted by Crippen LogP contribution is 2.72. The number of aliphatic carboxylic acids is 1. The maximum Gasteiger partial charge on any atom is 0.410 e. The number of rotatable bonds is 28. The number of hydrogen-bond donors (Lipinski definition) is 9. The number of aromatic carboxylic acids is 1. The van der Waals surface area contributed by atoms with Gasteiger partial charge in [-0.15, -0.1) is 0 Å². The molecule has 3 aromatic heterocycles. The number of nitrogens with two attached hydrogens (primary N) is 1. The number of aliphatic hydroxyl groups excluding tert-OH is 3. The van der Waals surface area contributed by atoms with Gasteiger partial charge in [-0.3, -0.25) is 24.2 Å². The van der Waals surface area contributed by atoms with Gasteiger partial charge in [0.25, 0.3) is 10.1 Å². The van der Waals surface area contributed by atoms with E-state index in [1.165, 1.54) is 41.5 Å². The third-order valence-corrected chi connectivity index (χ3v) is 20.4. The summed E-state index contributed by atoms with van der Waals surface area (Å²) in [6.07, 6.45) is -1.67. The minimum Gasteiger partial charge on any atom is -0.491 e. The van der Waals surface area contributed by atoms with Crippen LogP contribution in [0.1, 0.15) is 86.1 Å². The molecule has 5 fully saturated rings. The molecule has 31 heteroatoms. The van der Waals surface area contributed by atoms with Crippen molar-refractivity contribution in [3.8, 4) is 33.9 Å². The molecule has 5 heterocycles. The van der Waals surface area contributed by atoms with Gasteiger partial charge in [0.1, 0.15) is 49.1 Å².